The van der Waals surface area contributed by atoms with Crippen LogP contribution in [0.3, 0.4) is 0 Å². The highest BCUT2D eigenvalue weighted by atomic mass is 79.9. The molecular weight excluding hydrogens is 435 g/mol. The molecule has 0 spiro atoms. The maximum Gasteiger partial charge on any atom is 0.356 e. The number of benzene rings is 1. The number of carbonyl (C=O) groups is 1. The third-order valence-corrected chi connectivity index (χ3v) is 6.58. The Morgan fingerprint density at radius 3 is 2.75 bits per heavy atom. The lowest BCUT2D eigenvalue weighted by Crippen LogP contribution is -2.07. The van der Waals surface area contributed by atoms with Crippen molar-refractivity contribution >= 4 is 56.4 Å². The standard InChI is InChI=1S/C16H9BrCl2N2O2S/c17-10-6-24-15-8(10)2-3-9-13(16(22)23)20-21(14(9)15)12-4-1-7(18)5-11(12)19/h1,4-6H,2-3H2,(H,22,23). The number of fused-ring (bicyclic) bond motifs is 3. The summed E-state index contributed by atoms with van der Waals surface area (Å²) in [5.41, 5.74) is 3.41. The van der Waals surface area contributed by atoms with Crippen LogP contribution in [0.5, 0.6) is 0 Å². The van der Waals surface area contributed by atoms with Crippen LogP contribution in [0.25, 0.3) is 16.3 Å². The molecule has 0 fully saturated rings. The molecule has 0 unspecified atom stereocenters. The van der Waals surface area contributed by atoms with E-state index in [-0.39, 0.29) is 5.69 Å². The molecule has 122 valence electrons. The van der Waals surface area contributed by atoms with Gasteiger partial charge in [-0.1, -0.05) is 23.2 Å². The van der Waals surface area contributed by atoms with Crippen molar-refractivity contribution in [2.45, 2.75) is 12.8 Å². The molecule has 2 aromatic heterocycles. The van der Waals surface area contributed by atoms with E-state index in [4.69, 9.17) is 23.2 Å². The van der Waals surface area contributed by atoms with Crippen LogP contribution in [-0.4, -0.2) is 20.9 Å². The van der Waals surface area contributed by atoms with Crippen LogP contribution in [0.2, 0.25) is 10.0 Å². The molecule has 1 aliphatic carbocycles. The summed E-state index contributed by atoms with van der Waals surface area (Å²) >= 11 is 17.4. The first-order chi connectivity index (χ1) is 11.5. The molecule has 2 heterocycles. The maximum atomic E-state index is 11.6. The van der Waals surface area contributed by atoms with E-state index in [1.165, 1.54) is 5.56 Å². The van der Waals surface area contributed by atoms with Crippen LogP contribution in [-0.2, 0) is 12.8 Å². The van der Waals surface area contributed by atoms with Crippen molar-refractivity contribution in [3.63, 3.8) is 0 Å². The van der Waals surface area contributed by atoms with E-state index < -0.39 is 5.97 Å². The van der Waals surface area contributed by atoms with Crippen molar-refractivity contribution in [2.75, 3.05) is 0 Å². The van der Waals surface area contributed by atoms with E-state index in [2.05, 4.69) is 21.0 Å². The molecule has 1 N–H and O–H groups in total. The Balaban J connectivity index is 2.04. The van der Waals surface area contributed by atoms with Crippen molar-refractivity contribution in [3.05, 3.63) is 54.9 Å². The van der Waals surface area contributed by atoms with Gasteiger partial charge in [0.05, 0.1) is 21.3 Å². The zero-order chi connectivity index (χ0) is 17.0. The molecule has 0 saturated heterocycles. The lowest BCUT2D eigenvalue weighted by Gasteiger charge is -2.16. The number of aromatic carboxylic acids is 1. The molecule has 8 heteroatoms. The molecule has 0 atom stereocenters. The summed E-state index contributed by atoms with van der Waals surface area (Å²) in [4.78, 5) is 12.7. The molecule has 0 saturated carbocycles. The summed E-state index contributed by atoms with van der Waals surface area (Å²) in [6.45, 7) is 0. The summed E-state index contributed by atoms with van der Waals surface area (Å²) < 4.78 is 2.67. The minimum atomic E-state index is -1.03. The van der Waals surface area contributed by atoms with Gasteiger partial charge in [-0.05, 0) is 52.5 Å². The van der Waals surface area contributed by atoms with Crippen LogP contribution in [0.4, 0.5) is 0 Å². The highest BCUT2D eigenvalue weighted by Gasteiger charge is 2.31. The van der Waals surface area contributed by atoms with Gasteiger partial charge in [0, 0.05) is 20.4 Å². The monoisotopic (exact) mass is 442 g/mol. The van der Waals surface area contributed by atoms with E-state index in [1.54, 1.807) is 34.2 Å². The van der Waals surface area contributed by atoms with Crippen molar-refractivity contribution < 1.29 is 9.90 Å². The average Bonchev–Trinajstić information content (AvgIpc) is 3.09. The topological polar surface area (TPSA) is 55.1 Å². The van der Waals surface area contributed by atoms with Gasteiger partial charge >= 0.3 is 5.97 Å². The lowest BCUT2D eigenvalue weighted by molar-refractivity contribution is 0.0689. The fourth-order valence-corrected chi connectivity index (χ4v) is 5.30. The van der Waals surface area contributed by atoms with Gasteiger partial charge in [-0.15, -0.1) is 11.3 Å². The molecule has 24 heavy (non-hydrogen) atoms. The highest BCUT2D eigenvalue weighted by molar-refractivity contribution is 9.10. The molecule has 0 radical (unpaired) electrons. The molecular formula is C16H9BrCl2N2O2S. The average molecular weight is 444 g/mol. The van der Waals surface area contributed by atoms with Crippen molar-refractivity contribution in [2.24, 2.45) is 0 Å². The van der Waals surface area contributed by atoms with E-state index in [0.29, 0.717) is 22.2 Å². The summed E-state index contributed by atoms with van der Waals surface area (Å²) in [6.07, 6.45) is 1.41. The number of carboxylic acid groups (broad SMARTS) is 1. The number of thiophene rings is 1. The SMILES string of the molecule is O=C(O)c1nn(-c2ccc(Cl)cc2Cl)c2c1CCc1c(Br)csc1-2. The Morgan fingerprint density at radius 1 is 1.29 bits per heavy atom. The molecule has 1 aromatic carbocycles. The third kappa shape index (κ3) is 2.40. The van der Waals surface area contributed by atoms with Crippen LogP contribution in [0.15, 0.2) is 28.1 Å². The van der Waals surface area contributed by atoms with E-state index in [1.807, 2.05) is 5.38 Å². The second kappa shape index (κ2) is 5.88. The van der Waals surface area contributed by atoms with Crippen molar-refractivity contribution in [3.8, 4) is 16.3 Å². The first kappa shape index (κ1) is 16.1. The molecule has 4 nitrogen and oxygen atoms in total. The van der Waals surface area contributed by atoms with Crippen molar-refractivity contribution in [1.29, 1.82) is 0 Å². The van der Waals surface area contributed by atoms with Crippen molar-refractivity contribution in [1.82, 2.24) is 9.78 Å². The quantitative estimate of drug-likeness (QED) is 0.571. The van der Waals surface area contributed by atoms with E-state index in [9.17, 15) is 9.90 Å². The Kier molecular flexibility index (Phi) is 3.95. The van der Waals surface area contributed by atoms with Gasteiger partial charge in [-0.25, -0.2) is 9.48 Å². The van der Waals surface area contributed by atoms with E-state index in [0.717, 1.165) is 27.0 Å². The Labute approximate surface area is 159 Å². The van der Waals surface area contributed by atoms with E-state index >= 15 is 0 Å². The van der Waals surface area contributed by atoms with Crippen LogP contribution >= 0.6 is 50.5 Å². The number of halogens is 3. The second-order valence-electron chi connectivity index (χ2n) is 5.38. The van der Waals surface area contributed by atoms with Crippen LogP contribution in [0, 0.1) is 0 Å². The van der Waals surface area contributed by atoms with Gasteiger partial charge in [0.1, 0.15) is 0 Å². The largest absolute Gasteiger partial charge is 0.476 e. The molecule has 1 aliphatic rings. The molecule has 4 rings (SSSR count). The molecule has 0 bridgehead atoms. The summed E-state index contributed by atoms with van der Waals surface area (Å²) in [5, 5.41) is 16.8. The minimum Gasteiger partial charge on any atom is -0.476 e. The van der Waals surface area contributed by atoms with Gasteiger partial charge in [-0.2, -0.15) is 5.10 Å². The number of carboxylic acids is 1. The van der Waals surface area contributed by atoms with Crippen LogP contribution < -0.4 is 0 Å². The molecule has 3 aromatic rings. The second-order valence-corrected chi connectivity index (χ2v) is 7.96. The Morgan fingerprint density at radius 2 is 2.04 bits per heavy atom. The number of hydrogen-bond acceptors (Lipinski definition) is 3. The first-order valence-corrected chi connectivity index (χ1v) is 9.47. The maximum absolute atomic E-state index is 11.6. The van der Waals surface area contributed by atoms with Gasteiger partial charge in [-0.3, -0.25) is 0 Å². The predicted molar refractivity (Wildman–Crippen MR) is 99.0 cm³/mol. The smallest absolute Gasteiger partial charge is 0.356 e. The Bertz CT molecular complexity index is 996. The summed E-state index contributed by atoms with van der Waals surface area (Å²) in [7, 11) is 0. The number of rotatable bonds is 2. The van der Waals surface area contributed by atoms with Gasteiger partial charge in [0.2, 0.25) is 0 Å². The molecule has 0 amide bonds. The zero-order valence-corrected chi connectivity index (χ0v) is 15.9. The Hall–Kier alpha value is -1.34. The number of nitrogens with zero attached hydrogens (tertiary/aromatic N) is 2. The highest BCUT2D eigenvalue weighted by Crippen LogP contribution is 2.44. The van der Waals surface area contributed by atoms with Crippen LogP contribution in [0.1, 0.15) is 21.6 Å². The predicted octanol–water partition coefficient (Wildman–Crippen LogP) is 5.47. The fraction of sp³-hybridized carbons (Fsp3) is 0.125. The normalized spacial score (nSPS) is 12.8. The van der Waals surface area contributed by atoms with Gasteiger partial charge in [0.15, 0.2) is 5.69 Å². The molecule has 0 aliphatic heterocycles. The third-order valence-electron chi connectivity index (χ3n) is 4.01. The number of aromatic nitrogens is 2. The summed E-state index contributed by atoms with van der Waals surface area (Å²) in [5.74, 6) is -1.03. The first-order valence-electron chi connectivity index (χ1n) is 7.04. The minimum absolute atomic E-state index is 0.0752. The lowest BCUT2D eigenvalue weighted by atomic mass is 9.95. The number of hydrogen-bond donors (Lipinski definition) is 1. The van der Waals surface area contributed by atoms with Gasteiger partial charge < -0.3 is 5.11 Å². The van der Waals surface area contributed by atoms with Gasteiger partial charge in [0.25, 0.3) is 0 Å². The summed E-state index contributed by atoms with van der Waals surface area (Å²) in [6, 6.07) is 5.09. The zero-order valence-electron chi connectivity index (χ0n) is 12.0. The fourth-order valence-electron chi connectivity index (χ4n) is 2.96.